The summed E-state index contributed by atoms with van der Waals surface area (Å²) in [6.45, 7) is 15.6. The second-order valence-electron chi connectivity index (χ2n) is 15.4. The summed E-state index contributed by atoms with van der Waals surface area (Å²) in [5, 5.41) is 14.1. The molecule has 1 atom stereocenters. The molecule has 4 aromatic carbocycles. The summed E-state index contributed by atoms with van der Waals surface area (Å²) in [6, 6.07) is 26.3. The van der Waals surface area contributed by atoms with Crippen LogP contribution in [-0.4, -0.2) is 45.8 Å². The fraction of sp³-hybridized carbons (Fsp3) is 0.400. The van der Waals surface area contributed by atoms with E-state index in [0.717, 1.165) is 48.8 Å². The van der Waals surface area contributed by atoms with Gasteiger partial charge in [0.1, 0.15) is 17.0 Å². The molecule has 1 heterocycles. The number of unbranched alkanes of at least 4 members (excludes halogenated alkanes) is 3. The fourth-order valence-corrected chi connectivity index (χ4v) is 6.52. The lowest BCUT2D eigenvalue weighted by atomic mass is 9.76. The molecule has 10 nitrogen and oxygen atoms in total. The minimum atomic E-state index is -2.38. The lowest BCUT2D eigenvalue weighted by Crippen LogP contribution is -2.48. The van der Waals surface area contributed by atoms with Gasteiger partial charge in [-0.1, -0.05) is 133 Å². The van der Waals surface area contributed by atoms with Crippen molar-refractivity contribution in [3.8, 4) is 11.5 Å². The van der Waals surface area contributed by atoms with E-state index in [2.05, 4.69) is 81.5 Å². The first kappa shape index (κ1) is 41.9. The van der Waals surface area contributed by atoms with Crippen molar-refractivity contribution >= 4 is 51.6 Å². The van der Waals surface area contributed by atoms with Crippen molar-refractivity contribution < 1.29 is 23.9 Å². The number of alkyl halides is 1. The van der Waals surface area contributed by atoms with Crippen LogP contribution in [-0.2, 0) is 25.4 Å². The number of ketones is 1. The highest BCUT2D eigenvalue weighted by Crippen LogP contribution is 2.39. The molecule has 1 unspecified atom stereocenters. The van der Waals surface area contributed by atoms with Gasteiger partial charge in [0.2, 0.25) is 5.78 Å². The molecule has 5 aromatic rings. The zero-order valence-corrected chi connectivity index (χ0v) is 34.3. The number of halogens is 1. The van der Waals surface area contributed by atoms with Crippen LogP contribution in [0.25, 0.3) is 11.0 Å². The Hall–Kier alpha value is -5.22. The minimum absolute atomic E-state index is 0.00166. The summed E-state index contributed by atoms with van der Waals surface area (Å²) in [6.07, 6.45) is 6.08. The van der Waals surface area contributed by atoms with Crippen molar-refractivity contribution in [3.63, 3.8) is 0 Å². The van der Waals surface area contributed by atoms with Gasteiger partial charge < -0.3 is 20.1 Å². The standard InChI is InChI=1S/C45H54ClN5O5/c1-8-11-12-16-26-55-35-23-24-37-38(29-35)51(50-49-37)45(46,41(53)31-18-14-13-15-19-31)42(54)48-34-21-17-20-33(28-34)47-40(52)30-56-39-25-22-32(43(4,5)9-2)27-36(39)44(6,7)10-3/h13-15,17-25,27-29H,8-12,16,26,30H2,1-7H3,(H,47,52)(H,48,54). The molecule has 2 amide bonds. The topological polar surface area (TPSA) is 124 Å². The number of nitrogens with one attached hydrogen (secondary N) is 2. The number of carbonyl (C=O) groups is 3. The monoisotopic (exact) mass is 779 g/mol. The Kier molecular flexibility index (Phi) is 13.6. The van der Waals surface area contributed by atoms with Crippen molar-refractivity contribution in [1.29, 1.82) is 0 Å². The van der Waals surface area contributed by atoms with E-state index in [9.17, 15) is 14.4 Å². The number of rotatable bonds is 19. The first-order valence-corrected chi connectivity index (χ1v) is 19.9. The van der Waals surface area contributed by atoms with E-state index in [1.807, 2.05) is 6.07 Å². The number of fused-ring (bicyclic) bond motifs is 1. The molecule has 0 aliphatic carbocycles. The molecule has 0 radical (unpaired) electrons. The Bertz CT molecular complexity index is 2150. The van der Waals surface area contributed by atoms with Crippen LogP contribution in [0.4, 0.5) is 11.4 Å². The third-order valence-electron chi connectivity index (χ3n) is 10.6. The van der Waals surface area contributed by atoms with Crippen molar-refractivity contribution in [2.75, 3.05) is 23.8 Å². The molecular weight excluding hydrogens is 726 g/mol. The van der Waals surface area contributed by atoms with Gasteiger partial charge >= 0.3 is 0 Å². The highest BCUT2D eigenvalue weighted by molar-refractivity contribution is 6.47. The highest BCUT2D eigenvalue weighted by atomic mass is 35.5. The van der Waals surface area contributed by atoms with Gasteiger partial charge in [-0.3, -0.25) is 14.4 Å². The van der Waals surface area contributed by atoms with Crippen LogP contribution in [0.15, 0.2) is 91.0 Å². The molecule has 0 bridgehead atoms. The van der Waals surface area contributed by atoms with E-state index >= 15 is 0 Å². The summed E-state index contributed by atoms with van der Waals surface area (Å²) < 4.78 is 13.3. The lowest BCUT2D eigenvalue weighted by Gasteiger charge is -2.30. The summed E-state index contributed by atoms with van der Waals surface area (Å²) in [7, 11) is 0. The van der Waals surface area contributed by atoms with Gasteiger partial charge in [0.05, 0.1) is 12.1 Å². The van der Waals surface area contributed by atoms with Gasteiger partial charge in [-0.05, 0) is 72.1 Å². The lowest BCUT2D eigenvalue weighted by molar-refractivity contribution is -0.120. The average molecular weight is 780 g/mol. The number of amides is 2. The number of Topliss-reactive ketones (excluding diaryl/α,β-unsaturated/α-hetero) is 1. The normalized spacial score (nSPS) is 12.9. The summed E-state index contributed by atoms with van der Waals surface area (Å²) >= 11 is 7.18. The van der Waals surface area contributed by atoms with Gasteiger partial charge in [0.25, 0.3) is 16.8 Å². The van der Waals surface area contributed by atoms with E-state index in [4.69, 9.17) is 21.1 Å². The molecule has 0 saturated heterocycles. The number of anilines is 2. The first-order chi connectivity index (χ1) is 26.7. The van der Waals surface area contributed by atoms with Crippen molar-refractivity contribution in [3.05, 3.63) is 108 Å². The number of benzene rings is 4. The Morgan fingerprint density at radius 3 is 2.16 bits per heavy atom. The maximum absolute atomic E-state index is 14.3. The number of aromatic nitrogens is 3. The van der Waals surface area contributed by atoms with E-state index in [1.54, 1.807) is 72.8 Å². The van der Waals surface area contributed by atoms with Gasteiger partial charge in [-0.25, -0.2) is 4.68 Å². The zero-order valence-electron chi connectivity index (χ0n) is 33.6. The van der Waals surface area contributed by atoms with Crippen LogP contribution < -0.4 is 20.1 Å². The van der Waals surface area contributed by atoms with Crippen LogP contribution in [0.5, 0.6) is 11.5 Å². The minimum Gasteiger partial charge on any atom is -0.494 e. The van der Waals surface area contributed by atoms with E-state index in [0.29, 0.717) is 40.5 Å². The van der Waals surface area contributed by atoms with Crippen molar-refractivity contribution in [2.24, 2.45) is 0 Å². The number of carbonyl (C=O) groups excluding carboxylic acids is 3. The SMILES string of the molecule is CCCCCCOc1ccc2nnn(C(Cl)(C(=O)Nc3cccc(NC(=O)COc4ccc(C(C)(C)CC)cc4C(C)(C)CC)c3)C(=O)c3ccccc3)c2c1. The number of hydrogen-bond donors (Lipinski definition) is 2. The third kappa shape index (κ3) is 9.59. The molecule has 56 heavy (non-hydrogen) atoms. The smallest absolute Gasteiger partial charge is 0.278 e. The summed E-state index contributed by atoms with van der Waals surface area (Å²) in [5.74, 6) is -0.738. The molecule has 0 fully saturated rings. The molecule has 1 aromatic heterocycles. The molecule has 5 rings (SSSR count). The molecule has 11 heteroatoms. The average Bonchev–Trinajstić information content (AvgIpc) is 3.63. The first-order valence-electron chi connectivity index (χ1n) is 19.5. The van der Waals surface area contributed by atoms with E-state index < -0.39 is 16.7 Å². The van der Waals surface area contributed by atoms with Crippen molar-refractivity contribution in [2.45, 2.75) is 103 Å². The molecular formula is C45H54ClN5O5. The number of nitrogens with zero attached hydrogens (tertiary/aromatic N) is 3. The molecule has 2 N–H and O–H groups in total. The fourth-order valence-electron chi connectivity index (χ4n) is 6.24. The summed E-state index contributed by atoms with van der Waals surface area (Å²) in [4.78, 5) is 39.3. The number of ether oxygens (including phenoxy) is 2. The van der Waals surface area contributed by atoms with Crippen LogP contribution in [0.2, 0.25) is 0 Å². The second-order valence-corrected chi connectivity index (χ2v) is 16.0. The molecule has 0 aliphatic rings. The summed E-state index contributed by atoms with van der Waals surface area (Å²) in [5.41, 5.74) is 3.80. The van der Waals surface area contributed by atoms with Crippen molar-refractivity contribution in [1.82, 2.24) is 15.0 Å². The highest BCUT2D eigenvalue weighted by Gasteiger charge is 2.49. The van der Waals surface area contributed by atoms with Crippen LogP contribution >= 0.6 is 11.6 Å². The predicted octanol–water partition coefficient (Wildman–Crippen LogP) is 10.2. The predicted molar refractivity (Wildman–Crippen MR) is 224 cm³/mol. The van der Waals surface area contributed by atoms with Crippen LogP contribution in [0, 0.1) is 0 Å². The second kappa shape index (κ2) is 18.2. The van der Waals surface area contributed by atoms with Gasteiger partial charge in [0, 0.05) is 28.6 Å². The number of hydrogen-bond acceptors (Lipinski definition) is 7. The Labute approximate surface area is 335 Å². The third-order valence-corrected chi connectivity index (χ3v) is 11.1. The Morgan fingerprint density at radius 1 is 0.750 bits per heavy atom. The molecule has 296 valence electrons. The Balaban J connectivity index is 1.36. The largest absolute Gasteiger partial charge is 0.494 e. The quantitative estimate of drug-likeness (QED) is 0.0370. The van der Waals surface area contributed by atoms with E-state index in [-0.39, 0.29) is 28.9 Å². The molecule has 0 saturated carbocycles. The van der Waals surface area contributed by atoms with Crippen LogP contribution in [0.3, 0.4) is 0 Å². The maximum atomic E-state index is 14.3. The van der Waals surface area contributed by atoms with Gasteiger partial charge in [-0.2, -0.15) is 0 Å². The van der Waals surface area contributed by atoms with Crippen LogP contribution in [0.1, 0.15) is 108 Å². The zero-order chi connectivity index (χ0) is 40.5. The van der Waals surface area contributed by atoms with Gasteiger partial charge in [-0.15, -0.1) is 5.10 Å². The van der Waals surface area contributed by atoms with Gasteiger partial charge in [0.15, 0.2) is 6.61 Å². The maximum Gasteiger partial charge on any atom is 0.278 e. The molecule has 0 aliphatic heterocycles. The Morgan fingerprint density at radius 2 is 1.46 bits per heavy atom. The molecule has 0 spiro atoms. The van der Waals surface area contributed by atoms with E-state index in [1.165, 1.54) is 5.56 Å².